The van der Waals surface area contributed by atoms with Crippen LogP contribution in [0.4, 0.5) is 11.6 Å². The number of aromatic nitrogens is 2. The third-order valence-corrected chi connectivity index (χ3v) is 4.99. The zero-order valence-corrected chi connectivity index (χ0v) is 11.3. The third kappa shape index (κ3) is 2.03. The molecule has 3 rings (SSSR count). The van der Waals surface area contributed by atoms with Crippen molar-refractivity contribution in [2.24, 2.45) is 17.8 Å². The second kappa shape index (κ2) is 4.57. The zero-order chi connectivity index (χ0) is 12.7. The number of nitrogens with zero attached hydrogens (tertiary/aromatic N) is 2. The molecule has 0 aliphatic heterocycles. The van der Waals surface area contributed by atoms with Crippen molar-refractivity contribution in [1.29, 1.82) is 0 Å². The van der Waals surface area contributed by atoms with Crippen LogP contribution in [-0.2, 0) is 0 Å². The quantitative estimate of drug-likeness (QED) is 0.883. The van der Waals surface area contributed by atoms with Gasteiger partial charge in [0.15, 0.2) is 5.82 Å². The lowest BCUT2D eigenvalue weighted by Gasteiger charge is -2.29. The molecule has 18 heavy (non-hydrogen) atoms. The zero-order valence-electron chi connectivity index (χ0n) is 10.6. The minimum atomic E-state index is 0.342. The first-order valence-electron chi connectivity index (χ1n) is 6.67. The average Bonchev–Trinajstić information content (AvgIpc) is 2.97. The number of fused-ring (bicyclic) bond motifs is 2. The number of nitrogen functional groups attached to an aromatic ring is 1. The minimum Gasteiger partial charge on any atom is -0.382 e. The van der Waals surface area contributed by atoms with Gasteiger partial charge in [0.25, 0.3) is 0 Å². The van der Waals surface area contributed by atoms with Gasteiger partial charge in [-0.05, 0) is 43.9 Å². The van der Waals surface area contributed by atoms with Gasteiger partial charge in [0.05, 0.1) is 0 Å². The predicted molar refractivity (Wildman–Crippen MR) is 73.5 cm³/mol. The smallest absolute Gasteiger partial charge is 0.150 e. The Morgan fingerprint density at radius 1 is 1.39 bits per heavy atom. The fourth-order valence-electron chi connectivity index (χ4n) is 3.71. The van der Waals surface area contributed by atoms with Crippen LogP contribution in [0.3, 0.4) is 0 Å². The van der Waals surface area contributed by atoms with Gasteiger partial charge in [-0.15, -0.1) is 0 Å². The van der Waals surface area contributed by atoms with Crippen molar-refractivity contribution in [3.05, 3.63) is 11.3 Å². The summed E-state index contributed by atoms with van der Waals surface area (Å²) in [5.41, 5.74) is 5.69. The summed E-state index contributed by atoms with van der Waals surface area (Å²) in [7, 11) is 0. The molecule has 4 atom stereocenters. The highest BCUT2D eigenvalue weighted by Crippen LogP contribution is 2.49. The summed E-state index contributed by atoms with van der Waals surface area (Å²) in [6, 6.07) is 0.395. The fraction of sp³-hybridized carbons (Fsp3) is 0.692. The number of nitrogens with two attached hydrogens (primary N) is 1. The molecule has 0 spiro atoms. The van der Waals surface area contributed by atoms with E-state index in [9.17, 15) is 0 Å². The molecule has 98 valence electrons. The van der Waals surface area contributed by atoms with Gasteiger partial charge in [-0.2, -0.15) is 0 Å². The second-order valence-corrected chi connectivity index (χ2v) is 6.07. The molecule has 2 aliphatic carbocycles. The minimum absolute atomic E-state index is 0.342. The molecule has 0 saturated heterocycles. The lowest BCUT2D eigenvalue weighted by Crippen LogP contribution is -2.30. The second-order valence-electron chi connectivity index (χ2n) is 5.69. The van der Waals surface area contributed by atoms with Crippen molar-refractivity contribution in [3.63, 3.8) is 0 Å². The summed E-state index contributed by atoms with van der Waals surface area (Å²) >= 11 is 6.11. The molecule has 1 heterocycles. The van der Waals surface area contributed by atoms with Crippen LogP contribution in [0.1, 0.15) is 32.6 Å². The highest BCUT2D eigenvalue weighted by molar-refractivity contribution is 6.35. The van der Waals surface area contributed by atoms with E-state index in [0.717, 1.165) is 17.8 Å². The Labute approximate surface area is 112 Å². The van der Waals surface area contributed by atoms with E-state index in [1.807, 2.05) is 0 Å². The average molecular weight is 267 g/mol. The van der Waals surface area contributed by atoms with E-state index in [2.05, 4.69) is 22.2 Å². The van der Waals surface area contributed by atoms with E-state index >= 15 is 0 Å². The predicted octanol–water partition coefficient (Wildman–Crippen LogP) is 2.95. The molecule has 1 aromatic heterocycles. The highest BCUT2D eigenvalue weighted by atomic mass is 35.5. The molecule has 2 aliphatic rings. The van der Waals surface area contributed by atoms with Gasteiger partial charge < -0.3 is 11.1 Å². The van der Waals surface area contributed by atoms with Crippen LogP contribution in [0.2, 0.25) is 5.02 Å². The molecule has 5 heteroatoms. The van der Waals surface area contributed by atoms with Gasteiger partial charge in [-0.1, -0.05) is 18.0 Å². The molecule has 1 aromatic rings. The van der Waals surface area contributed by atoms with Crippen LogP contribution in [0.15, 0.2) is 6.33 Å². The highest BCUT2D eigenvalue weighted by Gasteiger charge is 2.41. The van der Waals surface area contributed by atoms with E-state index in [1.54, 1.807) is 0 Å². The van der Waals surface area contributed by atoms with E-state index in [4.69, 9.17) is 17.3 Å². The maximum Gasteiger partial charge on any atom is 0.150 e. The van der Waals surface area contributed by atoms with E-state index in [1.165, 1.54) is 32.0 Å². The van der Waals surface area contributed by atoms with Crippen LogP contribution in [-0.4, -0.2) is 16.0 Å². The molecular formula is C13H19ClN4. The maximum absolute atomic E-state index is 6.11. The largest absolute Gasteiger partial charge is 0.382 e. The molecule has 2 bridgehead atoms. The van der Waals surface area contributed by atoms with Crippen LogP contribution in [0, 0.1) is 17.8 Å². The number of nitrogens with one attached hydrogen (secondary N) is 1. The number of anilines is 2. The Morgan fingerprint density at radius 2 is 2.22 bits per heavy atom. The van der Waals surface area contributed by atoms with E-state index in [0.29, 0.717) is 22.7 Å². The Morgan fingerprint density at radius 3 is 2.89 bits per heavy atom. The fourth-order valence-corrected chi connectivity index (χ4v) is 3.87. The van der Waals surface area contributed by atoms with Crippen molar-refractivity contribution >= 4 is 23.2 Å². The summed E-state index contributed by atoms with van der Waals surface area (Å²) in [6.45, 7) is 2.22. The van der Waals surface area contributed by atoms with Crippen molar-refractivity contribution in [2.75, 3.05) is 11.1 Å². The maximum atomic E-state index is 6.11. The molecule has 2 fully saturated rings. The van der Waals surface area contributed by atoms with Crippen LogP contribution < -0.4 is 11.1 Å². The summed E-state index contributed by atoms with van der Waals surface area (Å²) in [5, 5.41) is 3.85. The number of rotatable bonds is 3. The molecular weight excluding hydrogens is 248 g/mol. The summed E-state index contributed by atoms with van der Waals surface area (Å²) in [6.07, 6.45) is 7.03. The Kier molecular flexibility index (Phi) is 3.06. The summed E-state index contributed by atoms with van der Waals surface area (Å²) in [5.74, 6) is 3.59. The Balaban J connectivity index is 1.71. The van der Waals surface area contributed by atoms with Gasteiger partial charge in [0.2, 0.25) is 0 Å². The topological polar surface area (TPSA) is 63.8 Å². The Bertz CT molecular complexity index is 451. The van der Waals surface area contributed by atoms with Gasteiger partial charge in [0, 0.05) is 6.04 Å². The Hall–Kier alpha value is -1.03. The molecule has 2 saturated carbocycles. The van der Waals surface area contributed by atoms with Crippen molar-refractivity contribution in [2.45, 2.75) is 38.6 Å². The number of hydrogen-bond donors (Lipinski definition) is 2. The van der Waals surface area contributed by atoms with Crippen LogP contribution in [0.5, 0.6) is 0 Å². The first-order chi connectivity index (χ1) is 8.65. The van der Waals surface area contributed by atoms with Crippen molar-refractivity contribution in [1.82, 2.24) is 9.97 Å². The molecule has 4 nitrogen and oxygen atoms in total. The SMILES string of the molecule is CC(Nc1ncnc(N)c1Cl)C1CC2CCC1C2. The molecule has 3 N–H and O–H groups in total. The van der Waals surface area contributed by atoms with E-state index < -0.39 is 0 Å². The number of hydrogen-bond acceptors (Lipinski definition) is 4. The lowest BCUT2D eigenvalue weighted by atomic mass is 9.84. The summed E-state index contributed by atoms with van der Waals surface area (Å²) in [4.78, 5) is 8.06. The first-order valence-corrected chi connectivity index (χ1v) is 7.05. The molecule has 0 aromatic carbocycles. The first kappa shape index (κ1) is 12.0. The van der Waals surface area contributed by atoms with Crippen LogP contribution in [0.25, 0.3) is 0 Å². The monoisotopic (exact) mass is 266 g/mol. The van der Waals surface area contributed by atoms with Gasteiger partial charge >= 0.3 is 0 Å². The van der Waals surface area contributed by atoms with Crippen LogP contribution >= 0.6 is 11.6 Å². The normalized spacial score (nSPS) is 31.6. The van der Waals surface area contributed by atoms with Crippen molar-refractivity contribution in [3.8, 4) is 0 Å². The van der Waals surface area contributed by atoms with Gasteiger partial charge in [0.1, 0.15) is 17.2 Å². The molecule has 0 amide bonds. The molecule has 4 unspecified atom stereocenters. The lowest BCUT2D eigenvalue weighted by molar-refractivity contribution is 0.304. The van der Waals surface area contributed by atoms with Gasteiger partial charge in [-0.25, -0.2) is 9.97 Å². The number of halogens is 1. The standard InChI is InChI=1S/C13H19ClN4/c1-7(10-5-8-2-3-9(10)4-8)18-13-11(14)12(15)16-6-17-13/h6-10H,2-5H2,1H3,(H3,15,16,17,18). The molecule has 0 radical (unpaired) electrons. The third-order valence-electron chi connectivity index (χ3n) is 4.62. The van der Waals surface area contributed by atoms with E-state index in [-0.39, 0.29) is 0 Å². The van der Waals surface area contributed by atoms with Crippen molar-refractivity contribution < 1.29 is 0 Å². The summed E-state index contributed by atoms with van der Waals surface area (Å²) < 4.78 is 0. The van der Waals surface area contributed by atoms with Gasteiger partial charge in [-0.3, -0.25) is 0 Å².